The monoisotopic (exact) mass is 281 g/mol. The molecule has 2 heterocycles. The van der Waals surface area contributed by atoms with Gasteiger partial charge in [-0.15, -0.1) is 0 Å². The van der Waals surface area contributed by atoms with Crippen molar-refractivity contribution in [1.29, 1.82) is 0 Å². The van der Waals surface area contributed by atoms with Crippen molar-refractivity contribution in [3.05, 3.63) is 65.7 Å². The zero-order valence-electron chi connectivity index (χ0n) is 12.3. The van der Waals surface area contributed by atoms with Gasteiger partial charge in [-0.25, -0.2) is 0 Å². The van der Waals surface area contributed by atoms with Crippen molar-refractivity contribution in [2.24, 2.45) is 5.92 Å². The summed E-state index contributed by atoms with van der Waals surface area (Å²) in [5, 5.41) is 2.01. The van der Waals surface area contributed by atoms with E-state index in [1.165, 1.54) is 11.1 Å². The SMILES string of the molecule is CN1O[C@@H](c2ccccc2)[C@@H]2COc3ccccc3[C@@]21C. The highest BCUT2D eigenvalue weighted by Gasteiger charge is 2.55. The number of para-hydroxylation sites is 1. The fraction of sp³-hybridized carbons (Fsp3) is 0.333. The molecule has 3 heteroatoms. The number of rotatable bonds is 1. The molecule has 3 nitrogen and oxygen atoms in total. The van der Waals surface area contributed by atoms with Crippen LogP contribution in [-0.2, 0) is 10.4 Å². The third kappa shape index (κ3) is 1.74. The summed E-state index contributed by atoms with van der Waals surface area (Å²) in [4.78, 5) is 6.21. The minimum Gasteiger partial charge on any atom is -0.493 e. The molecule has 0 bridgehead atoms. The molecule has 1 fully saturated rings. The summed E-state index contributed by atoms with van der Waals surface area (Å²) in [6.45, 7) is 2.93. The van der Waals surface area contributed by atoms with Gasteiger partial charge in [0.25, 0.3) is 0 Å². The molecule has 2 aliphatic heterocycles. The largest absolute Gasteiger partial charge is 0.493 e. The van der Waals surface area contributed by atoms with Gasteiger partial charge in [-0.05, 0) is 18.6 Å². The van der Waals surface area contributed by atoms with Gasteiger partial charge >= 0.3 is 0 Å². The molecule has 2 aliphatic rings. The van der Waals surface area contributed by atoms with Crippen LogP contribution in [0.4, 0.5) is 0 Å². The fourth-order valence-electron chi connectivity index (χ4n) is 3.63. The lowest BCUT2D eigenvalue weighted by Gasteiger charge is -2.40. The molecule has 2 aromatic rings. The van der Waals surface area contributed by atoms with Crippen LogP contribution >= 0.6 is 0 Å². The number of ether oxygens (including phenoxy) is 1. The molecule has 1 saturated heterocycles. The van der Waals surface area contributed by atoms with E-state index in [4.69, 9.17) is 9.57 Å². The Morgan fingerprint density at radius 2 is 1.76 bits per heavy atom. The Balaban J connectivity index is 1.81. The van der Waals surface area contributed by atoms with Gasteiger partial charge in [-0.1, -0.05) is 48.5 Å². The van der Waals surface area contributed by atoms with Crippen molar-refractivity contribution in [2.45, 2.75) is 18.6 Å². The van der Waals surface area contributed by atoms with Crippen LogP contribution in [0.3, 0.4) is 0 Å². The molecule has 108 valence electrons. The standard InChI is InChI=1S/C18H19NO2/c1-18-14-10-6-7-11-16(14)20-12-15(18)17(21-19(18)2)13-8-4-3-5-9-13/h3-11,15,17H,12H2,1-2H3/t15-,17-,18-/m0/s1. The average Bonchev–Trinajstić information content (AvgIpc) is 2.81. The van der Waals surface area contributed by atoms with E-state index in [1.54, 1.807) is 0 Å². The number of hydroxylamine groups is 2. The molecule has 0 spiro atoms. The lowest BCUT2D eigenvalue weighted by molar-refractivity contribution is -0.169. The van der Waals surface area contributed by atoms with E-state index in [0.29, 0.717) is 6.61 Å². The lowest BCUT2D eigenvalue weighted by atomic mass is 9.74. The molecule has 0 saturated carbocycles. The molecule has 0 unspecified atom stereocenters. The first kappa shape index (κ1) is 12.9. The molecule has 2 aromatic carbocycles. The maximum absolute atomic E-state index is 6.21. The molecular formula is C18H19NO2. The second-order valence-corrected chi connectivity index (χ2v) is 6.00. The van der Waals surface area contributed by atoms with Crippen LogP contribution in [0.15, 0.2) is 54.6 Å². The first-order chi connectivity index (χ1) is 10.2. The second-order valence-electron chi connectivity index (χ2n) is 6.00. The third-order valence-corrected chi connectivity index (χ3v) is 4.99. The van der Waals surface area contributed by atoms with Crippen LogP contribution < -0.4 is 4.74 Å². The lowest BCUT2D eigenvalue weighted by Crippen LogP contribution is -2.45. The maximum atomic E-state index is 6.21. The minimum absolute atomic E-state index is 0.0366. The van der Waals surface area contributed by atoms with Gasteiger partial charge in [0.15, 0.2) is 0 Å². The van der Waals surface area contributed by atoms with Gasteiger partial charge in [-0.2, -0.15) is 5.06 Å². The topological polar surface area (TPSA) is 21.7 Å². The van der Waals surface area contributed by atoms with Crippen molar-refractivity contribution in [1.82, 2.24) is 5.06 Å². The summed E-state index contributed by atoms with van der Waals surface area (Å²) in [5.41, 5.74) is 2.26. The Labute approximate surface area is 125 Å². The molecule has 0 radical (unpaired) electrons. The van der Waals surface area contributed by atoms with Crippen molar-refractivity contribution >= 4 is 0 Å². The summed E-state index contributed by atoms with van der Waals surface area (Å²) >= 11 is 0. The second kappa shape index (κ2) is 4.58. The summed E-state index contributed by atoms with van der Waals surface area (Å²) in [6.07, 6.45) is 0.0366. The van der Waals surface area contributed by atoms with E-state index in [-0.39, 0.29) is 17.6 Å². The number of fused-ring (bicyclic) bond motifs is 3. The fourth-order valence-corrected chi connectivity index (χ4v) is 3.63. The predicted molar refractivity (Wildman–Crippen MR) is 80.8 cm³/mol. The summed E-state index contributed by atoms with van der Waals surface area (Å²) in [5.74, 6) is 1.25. The smallest absolute Gasteiger partial charge is 0.124 e. The summed E-state index contributed by atoms with van der Waals surface area (Å²) < 4.78 is 6.00. The van der Waals surface area contributed by atoms with Crippen LogP contribution in [0, 0.1) is 5.92 Å². The first-order valence-electron chi connectivity index (χ1n) is 7.39. The maximum Gasteiger partial charge on any atom is 0.124 e. The highest BCUT2D eigenvalue weighted by molar-refractivity contribution is 5.42. The highest BCUT2D eigenvalue weighted by atomic mass is 16.7. The van der Waals surface area contributed by atoms with E-state index >= 15 is 0 Å². The average molecular weight is 281 g/mol. The number of hydrogen-bond donors (Lipinski definition) is 0. The minimum atomic E-state index is -0.157. The molecule has 0 aromatic heterocycles. The quantitative estimate of drug-likeness (QED) is 0.798. The van der Waals surface area contributed by atoms with E-state index in [0.717, 1.165) is 5.75 Å². The van der Waals surface area contributed by atoms with Crippen LogP contribution in [0.5, 0.6) is 5.75 Å². The van der Waals surface area contributed by atoms with Crippen molar-refractivity contribution in [3.63, 3.8) is 0 Å². The van der Waals surface area contributed by atoms with E-state index in [1.807, 2.05) is 30.3 Å². The molecular weight excluding hydrogens is 262 g/mol. The Hall–Kier alpha value is -1.84. The Kier molecular flexibility index (Phi) is 2.81. The van der Waals surface area contributed by atoms with Crippen molar-refractivity contribution < 1.29 is 9.57 Å². The third-order valence-electron chi connectivity index (χ3n) is 4.99. The van der Waals surface area contributed by atoms with E-state index in [2.05, 4.69) is 43.3 Å². The Morgan fingerprint density at radius 3 is 2.57 bits per heavy atom. The van der Waals surface area contributed by atoms with Gasteiger partial charge in [0.05, 0.1) is 18.1 Å². The van der Waals surface area contributed by atoms with Crippen LogP contribution in [0.25, 0.3) is 0 Å². The summed E-state index contributed by atoms with van der Waals surface area (Å²) in [6, 6.07) is 18.7. The number of hydrogen-bond acceptors (Lipinski definition) is 3. The molecule has 3 atom stereocenters. The first-order valence-corrected chi connectivity index (χ1v) is 7.39. The zero-order valence-corrected chi connectivity index (χ0v) is 12.3. The van der Waals surface area contributed by atoms with Crippen molar-refractivity contribution in [2.75, 3.05) is 13.7 Å². The van der Waals surface area contributed by atoms with Gasteiger partial charge in [0.2, 0.25) is 0 Å². The molecule has 0 N–H and O–H groups in total. The van der Waals surface area contributed by atoms with E-state index < -0.39 is 0 Å². The highest BCUT2D eigenvalue weighted by Crippen LogP contribution is 2.54. The summed E-state index contributed by atoms with van der Waals surface area (Å²) in [7, 11) is 2.03. The molecule has 0 aliphatic carbocycles. The van der Waals surface area contributed by atoms with Crippen LogP contribution in [0.1, 0.15) is 24.2 Å². The van der Waals surface area contributed by atoms with E-state index in [9.17, 15) is 0 Å². The van der Waals surface area contributed by atoms with Crippen LogP contribution in [-0.4, -0.2) is 18.7 Å². The van der Waals surface area contributed by atoms with Crippen LogP contribution in [0.2, 0.25) is 0 Å². The number of benzene rings is 2. The van der Waals surface area contributed by atoms with Gasteiger partial charge < -0.3 is 4.74 Å². The van der Waals surface area contributed by atoms with Gasteiger partial charge in [0.1, 0.15) is 11.9 Å². The van der Waals surface area contributed by atoms with Gasteiger partial charge in [0, 0.05) is 12.6 Å². The number of nitrogens with zero attached hydrogens (tertiary/aromatic N) is 1. The Morgan fingerprint density at radius 1 is 1.05 bits per heavy atom. The van der Waals surface area contributed by atoms with Crippen molar-refractivity contribution in [3.8, 4) is 5.75 Å². The molecule has 4 rings (SSSR count). The normalized spacial score (nSPS) is 31.3. The van der Waals surface area contributed by atoms with Gasteiger partial charge in [-0.3, -0.25) is 4.84 Å². The zero-order chi connectivity index (χ0) is 14.4. The Bertz CT molecular complexity index is 657. The molecule has 21 heavy (non-hydrogen) atoms. The predicted octanol–water partition coefficient (Wildman–Crippen LogP) is 3.53. The molecule has 0 amide bonds.